The number of nitrogens with zero attached hydrogens (tertiary/aromatic N) is 4. The van der Waals surface area contributed by atoms with Gasteiger partial charge in [0, 0.05) is 13.2 Å². The molecule has 4 heterocycles. The lowest BCUT2D eigenvalue weighted by molar-refractivity contribution is -0.118. The van der Waals surface area contributed by atoms with Gasteiger partial charge in [0.05, 0.1) is 23.9 Å². The van der Waals surface area contributed by atoms with Crippen molar-refractivity contribution >= 4 is 45.0 Å². The summed E-state index contributed by atoms with van der Waals surface area (Å²) in [7, 11) is 0. The Bertz CT molecular complexity index is 1270. The summed E-state index contributed by atoms with van der Waals surface area (Å²) >= 11 is 2.71. The summed E-state index contributed by atoms with van der Waals surface area (Å²) in [5.74, 6) is 0.614. The molecule has 0 saturated carbocycles. The molecule has 0 radical (unpaired) electrons. The minimum atomic E-state index is -0.0835. The highest BCUT2D eigenvalue weighted by atomic mass is 32.2. The Morgan fingerprint density at radius 2 is 2.13 bits per heavy atom. The fraction of sp³-hybridized carbons (Fsp3) is 0.333. The third kappa shape index (κ3) is 4.10. The third-order valence-corrected chi connectivity index (χ3v) is 7.08. The number of rotatable bonds is 7. The van der Waals surface area contributed by atoms with E-state index in [1.807, 2.05) is 46.2 Å². The van der Waals surface area contributed by atoms with Crippen LogP contribution in [0.3, 0.4) is 0 Å². The van der Waals surface area contributed by atoms with Crippen molar-refractivity contribution in [3.05, 3.63) is 57.7 Å². The van der Waals surface area contributed by atoms with Gasteiger partial charge >= 0.3 is 0 Å². The van der Waals surface area contributed by atoms with Crippen LogP contribution in [0.25, 0.3) is 16.0 Å². The predicted molar refractivity (Wildman–Crippen MR) is 121 cm³/mol. The standard InChI is InChI=1S/C21H21N5O3S2/c27-17(22-11-14-5-2-1-3-6-14)13-31-21-24-23-20-25(12-15-7-4-9-29-15)19(28)18-16(26(20)21)8-10-30-18/h1-3,5-6,8,10,15H,4,7,9,11-13H2,(H,22,27)/t15-/m0/s1. The zero-order valence-electron chi connectivity index (χ0n) is 16.7. The van der Waals surface area contributed by atoms with E-state index in [1.165, 1.54) is 23.1 Å². The third-order valence-electron chi connectivity index (χ3n) is 5.26. The van der Waals surface area contributed by atoms with Gasteiger partial charge in [0.1, 0.15) is 4.70 Å². The van der Waals surface area contributed by atoms with Gasteiger partial charge in [0.15, 0.2) is 5.16 Å². The highest BCUT2D eigenvalue weighted by Crippen LogP contribution is 2.25. The van der Waals surface area contributed by atoms with Crippen molar-refractivity contribution in [3.8, 4) is 0 Å². The molecule has 0 spiro atoms. The van der Waals surface area contributed by atoms with Gasteiger partial charge in [0.2, 0.25) is 11.7 Å². The number of thiophene rings is 1. The number of amides is 1. The van der Waals surface area contributed by atoms with E-state index >= 15 is 0 Å². The lowest BCUT2D eigenvalue weighted by atomic mass is 10.2. The minimum absolute atomic E-state index is 0.00970. The summed E-state index contributed by atoms with van der Waals surface area (Å²) in [6, 6.07) is 11.7. The zero-order chi connectivity index (χ0) is 21.2. The molecule has 0 unspecified atom stereocenters. The van der Waals surface area contributed by atoms with Crippen molar-refractivity contribution < 1.29 is 9.53 Å². The van der Waals surface area contributed by atoms with Gasteiger partial charge in [-0.1, -0.05) is 42.1 Å². The summed E-state index contributed by atoms with van der Waals surface area (Å²) in [6.07, 6.45) is 1.94. The van der Waals surface area contributed by atoms with Crippen LogP contribution in [0.4, 0.5) is 0 Å². The first-order valence-corrected chi connectivity index (χ1v) is 12.0. The maximum absolute atomic E-state index is 13.1. The maximum atomic E-state index is 13.1. The van der Waals surface area contributed by atoms with E-state index < -0.39 is 0 Å². The second kappa shape index (κ2) is 8.81. The second-order valence-electron chi connectivity index (χ2n) is 7.35. The van der Waals surface area contributed by atoms with E-state index in [0.717, 1.165) is 30.5 Å². The van der Waals surface area contributed by atoms with Gasteiger partial charge in [0.25, 0.3) is 5.56 Å². The normalized spacial score (nSPS) is 16.3. The summed E-state index contributed by atoms with van der Waals surface area (Å²) in [6.45, 7) is 1.66. The fourth-order valence-corrected chi connectivity index (χ4v) is 5.32. The molecule has 1 aromatic carbocycles. The Morgan fingerprint density at radius 1 is 1.26 bits per heavy atom. The number of aromatic nitrogens is 4. The van der Waals surface area contributed by atoms with Crippen LogP contribution in [-0.4, -0.2) is 43.5 Å². The summed E-state index contributed by atoms with van der Waals surface area (Å²) in [4.78, 5) is 25.4. The average Bonchev–Trinajstić information content (AvgIpc) is 3.55. The van der Waals surface area contributed by atoms with E-state index in [9.17, 15) is 9.59 Å². The molecule has 5 rings (SSSR count). The predicted octanol–water partition coefficient (Wildman–Crippen LogP) is 2.69. The molecule has 31 heavy (non-hydrogen) atoms. The first-order valence-electron chi connectivity index (χ1n) is 10.1. The van der Waals surface area contributed by atoms with Gasteiger partial charge < -0.3 is 10.1 Å². The van der Waals surface area contributed by atoms with Crippen LogP contribution in [0.5, 0.6) is 0 Å². The highest BCUT2D eigenvalue weighted by molar-refractivity contribution is 7.99. The van der Waals surface area contributed by atoms with Gasteiger partial charge in [-0.3, -0.25) is 18.6 Å². The number of fused-ring (bicyclic) bond motifs is 3. The van der Waals surface area contributed by atoms with Crippen LogP contribution in [0.1, 0.15) is 18.4 Å². The molecular weight excluding hydrogens is 434 g/mol. The van der Waals surface area contributed by atoms with Gasteiger partial charge in [-0.05, 0) is 29.9 Å². The molecule has 1 saturated heterocycles. The molecule has 1 aliphatic heterocycles. The van der Waals surface area contributed by atoms with Crippen LogP contribution in [0, 0.1) is 0 Å². The van der Waals surface area contributed by atoms with E-state index in [0.29, 0.717) is 28.7 Å². The van der Waals surface area contributed by atoms with Crippen molar-refractivity contribution in [2.24, 2.45) is 0 Å². The lowest BCUT2D eigenvalue weighted by Gasteiger charge is -2.13. The number of ether oxygens (including phenoxy) is 1. The zero-order valence-corrected chi connectivity index (χ0v) is 18.3. The SMILES string of the molecule is O=C(CSc1nnc2n(C[C@@H]3CCCO3)c(=O)c3sccc3n12)NCc1ccccc1. The van der Waals surface area contributed by atoms with Crippen LogP contribution in [0.2, 0.25) is 0 Å². The van der Waals surface area contributed by atoms with E-state index in [-0.39, 0.29) is 23.3 Å². The Labute approximate surface area is 186 Å². The van der Waals surface area contributed by atoms with Crippen LogP contribution < -0.4 is 10.9 Å². The van der Waals surface area contributed by atoms with Crippen LogP contribution >= 0.6 is 23.1 Å². The molecule has 1 N–H and O–H groups in total. The molecule has 1 atom stereocenters. The Kier molecular flexibility index (Phi) is 5.75. The maximum Gasteiger partial charge on any atom is 0.272 e. The summed E-state index contributed by atoms with van der Waals surface area (Å²) < 4.78 is 9.91. The molecule has 160 valence electrons. The molecule has 0 aliphatic carbocycles. The number of carbonyl (C=O) groups is 1. The number of carbonyl (C=O) groups excluding carboxylic acids is 1. The van der Waals surface area contributed by atoms with E-state index in [4.69, 9.17) is 4.74 Å². The smallest absolute Gasteiger partial charge is 0.272 e. The summed E-state index contributed by atoms with van der Waals surface area (Å²) in [5.41, 5.74) is 1.75. The molecule has 1 aliphatic rings. The number of thioether (sulfide) groups is 1. The fourth-order valence-electron chi connectivity index (χ4n) is 3.73. The monoisotopic (exact) mass is 455 g/mol. The number of benzene rings is 1. The first kappa shape index (κ1) is 20.2. The van der Waals surface area contributed by atoms with Gasteiger partial charge in [-0.2, -0.15) is 0 Å². The topological polar surface area (TPSA) is 90.5 Å². The van der Waals surface area contributed by atoms with Crippen molar-refractivity contribution in [1.29, 1.82) is 0 Å². The van der Waals surface area contributed by atoms with E-state index in [1.54, 1.807) is 4.57 Å². The highest BCUT2D eigenvalue weighted by Gasteiger charge is 2.22. The molecule has 0 bridgehead atoms. The van der Waals surface area contributed by atoms with Crippen LogP contribution in [-0.2, 0) is 22.6 Å². The molecule has 4 aromatic rings. The number of hydrogen-bond acceptors (Lipinski definition) is 7. The first-order chi connectivity index (χ1) is 15.2. The number of hydrogen-bond donors (Lipinski definition) is 1. The number of nitrogens with one attached hydrogen (secondary N) is 1. The van der Waals surface area contributed by atoms with Gasteiger partial charge in [-0.25, -0.2) is 0 Å². The van der Waals surface area contributed by atoms with E-state index in [2.05, 4.69) is 15.5 Å². The Morgan fingerprint density at radius 3 is 2.94 bits per heavy atom. The van der Waals surface area contributed by atoms with Gasteiger partial charge in [-0.15, -0.1) is 21.5 Å². The second-order valence-corrected chi connectivity index (χ2v) is 9.21. The van der Waals surface area contributed by atoms with Crippen molar-refractivity contribution in [3.63, 3.8) is 0 Å². The average molecular weight is 456 g/mol. The molecular formula is C21H21N5O3S2. The summed E-state index contributed by atoms with van der Waals surface area (Å²) in [5, 5.41) is 14.0. The molecule has 10 heteroatoms. The van der Waals surface area contributed by atoms with Crippen LogP contribution in [0.15, 0.2) is 51.7 Å². The molecule has 3 aromatic heterocycles. The largest absolute Gasteiger partial charge is 0.376 e. The Balaban J connectivity index is 1.38. The quantitative estimate of drug-likeness (QED) is 0.431. The minimum Gasteiger partial charge on any atom is -0.376 e. The van der Waals surface area contributed by atoms with Crippen molar-refractivity contribution in [2.45, 2.75) is 37.2 Å². The lowest BCUT2D eigenvalue weighted by Crippen LogP contribution is -2.28. The van der Waals surface area contributed by atoms with Crippen molar-refractivity contribution in [2.75, 3.05) is 12.4 Å². The Hall–Kier alpha value is -2.69. The van der Waals surface area contributed by atoms with Crippen molar-refractivity contribution in [1.82, 2.24) is 24.5 Å². The molecule has 1 amide bonds. The molecule has 8 nitrogen and oxygen atoms in total. The molecule has 1 fully saturated rings.